The number of nitrogens with zero attached hydrogens (tertiary/aromatic N) is 2. The second-order valence-corrected chi connectivity index (χ2v) is 8.76. The third-order valence-corrected chi connectivity index (χ3v) is 6.38. The summed E-state index contributed by atoms with van der Waals surface area (Å²) in [6, 6.07) is 16.4. The molecule has 0 aromatic heterocycles. The normalized spacial score (nSPS) is 18.2. The monoisotopic (exact) mass is 426 g/mol. The zero-order chi connectivity index (χ0) is 20.8. The minimum absolute atomic E-state index is 0.154. The van der Waals surface area contributed by atoms with E-state index in [0.717, 1.165) is 56.9 Å². The summed E-state index contributed by atoms with van der Waals surface area (Å²) in [7, 11) is 0. The maximum absolute atomic E-state index is 12.5. The van der Waals surface area contributed by atoms with E-state index in [1.807, 2.05) is 24.3 Å². The minimum atomic E-state index is -0.154. The van der Waals surface area contributed by atoms with Gasteiger partial charge in [-0.15, -0.1) is 0 Å². The number of carbonyl (C=O) groups is 1. The molecule has 2 saturated heterocycles. The van der Waals surface area contributed by atoms with Crippen LogP contribution in [0.15, 0.2) is 48.5 Å². The number of hydrogen-bond donors (Lipinski definition) is 2. The lowest BCUT2D eigenvalue weighted by Gasteiger charge is -2.32. The van der Waals surface area contributed by atoms with Gasteiger partial charge in [-0.25, -0.2) is 4.79 Å². The van der Waals surface area contributed by atoms with Crippen molar-refractivity contribution in [2.24, 2.45) is 0 Å². The topological polar surface area (TPSA) is 47.6 Å². The van der Waals surface area contributed by atoms with Gasteiger partial charge in [-0.1, -0.05) is 41.9 Å². The van der Waals surface area contributed by atoms with Crippen molar-refractivity contribution in [3.8, 4) is 0 Å². The molecule has 2 aromatic carbocycles. The quantitative estimate of drug-likeness (QED) is 0.697. The van der Waals surface area contributed by atoms with Crippen molar-refractivity contribution in [2.45, 2.75) is 44.7 Å². The van der Waals surface area contributed by atoms with Gasteiger partial charge in [-0.05, 0) is 55.9 Å². The van der Waals surface area contributed by atoms with Crippen molar-refractivity contribution in [2.75, 3.05) is 36.4 Å². The fourth-order valence-electron chi connectivity index (χ4n) is 4.41. The lowest BCUT2D eigenvalue weighted by Crippen LogP contribution is -2.45. The summed E-state index contributed by atoms with van der Waals surface area (Å²) in [6.07, 6.45) is 5.65. The Morgan fingerprint density at radius 1 is 0.967 bits per heavy atom. The van der Waals surface area contributed by atoms with Crippen LogP contribution in [0.25, 0.3) is 0 Å². The highest BCUT2D eigenvalue weighted by atomic mass is 35.5. The van der Waals surface area contributed by atoms with Gasteiger partial charge in [0.1, 0.15) is 0 Å². The molecule has 160 valence electrons. The summed E-state index contributed by atoms with van der Waals surface area (Å²) < 4.78 is 0. The Bertz CT molecular complexity index is 830. The molecule has 2 aliphatic heterocycles. The fourth-order valence-corrected chi connectivity index (χ4v) is 4.71. The van der Waals surface area contributed by atoms with Crippen LogP contribution in [-0.4, -0.2) is 43.2 Å². The molecule has 0 saturated carbocycles. The predicted octanol–water partition coefficient (Wildman–Crippen LogP) is 5.12. The van der Waals surface area contributed by atoms with E-state index in [4.69, 9.17) is 11.6 Å². The summed E-state index contributed by atoms with van der Waals surface area (Å²) in [6.45, 7) is 5.07. The van der Waals surface area contributed by atoms with Crippen molar-refractivity contribution < 1.29 is 4.79 Å². The number of piperidine rings is 2. The van der Waals surface area contributed by atoms with Crippen molar-refractivity contribution in [1.29, 1.82) is 0 Å². The van der Waals surface area contributed by atoms with Gasteiger partial charge in [0.15, 0.2) is 0 Å². The van der Waals surface area contributed by atoms with E-state index in [0.29, 0.717) is 5.02 Å². The van der Waals surface area contributed by atoms with E-state index in [9.17, 15) is 4.79 Å². The molecule has 0 radical (unpaired) electrons. The molecule has 5 nitrogen and oxygen atoms in total. The Hall–Kier alpha value is -2.24. The number of nitrogens with one attached hydrogen (secondary N) is 2. The van der Waals surface area contributed by atoms with E-state index in [1.54, 1.807) is 0 Å². The number of halogens is 1. The number of hydrogen-bond acceptors (Lipinski definition) is 3. The third-order valence-electron chi connectivity index (χ3n) is 6.07. The highest BCUT2D eigenvalue weighted by molar-refractivity contribution is 6.33. The lowest BCUT2D eigenvalue weighted by atomic mass is 10.0. The average molecular weight is 427 g/mol. The molecular formula is C24H31ClN4O. The van der Waals surface area contributed by atoms with Crippen LogP contribution >= 0.6 is 11.6 Å². The molecular weight excluding hydrogens is 396 g/mol. The smallest absolute Gasteiger partial charge is 0.319 e. The largest absolute Gasteiger partial charge is 0.370 e. The van der Waals surface area contributed by atoms with Gasteiger partial charge in [0.25, 0.3) is 0 Å². The molecule has 0 unspecified atom stereocenters. The molecule has 6 heteroatoms. The van der Waals surface area contributed by atoms with Gasteiger partial charge >= 0.3 is 6.03 Å². The molecule has 2 fully saturated rings. The summed E-state index contributed by atoms with van der Waals surface area (Å²) in [5, 5.41) is 6.76. The molecule has 30 heavy (non-hydrogen) atoms. The van der Waals surface area contributed by atoms with E-state index >= 15 is 0 Å². The van der Waals surface area contributed by atoms with Gasteiger partial charge in [0.2, 0.25) is 0 Å². The van der Waals surface area contributed by atoms with Crippen LogP contribution in [0.5, 0.6) is 0 Å². The van der Waals surface area contributed by atoms with Crippen LogP contribution in [0.4, 0.5) is 16.2 Å². The van der Waals surface area contributed by atoms with Gasteiger partial charge in [-0.3, -0.25) is 4.90 Å². The second-order valence-electron chi connectivity index (χ2n) is 8.35. The first-order chi connectivity index (χ1) is 14.7. The highest BCUT2D eigenvalue weighted by Gasteiger charge is 2.21. The van der Waals surface area contributed by atoms with Crippen LogP contribution in [0.2, 0.25) is 5.02 Å². The van der Waals surface area contributed by atoms with E-state index in [1.165, 1.54) is 24.8 Å². The second kappa shape index (κ2) is 10.2. The van der Waals surface area contributed by atoms with E-state index in [-0.39, 0.29) is 12.1 Å². The number of carbonyl (C=O) groups excluding carboxylic acids is 1. The number of likely N-dealkylation sites (tertiary alicyclic amines) is 1. The summed E-state index contributed by atoms with van der Waals surface area (Å²) in [4.78, 5) is 17.2. The first kappa shape index (κ1) is 21.0. The van der Waals surface area contributed by atoms with Crippen molar-refractivity contribution >= 4 is 29.0 Å². The van der Waals surface area contributed by atoms with Crippen molar-refractivity contribution in [1.82, 2.24) is 10.2 Å². The highest BCUT2D eigenvalue weighted by Crippen LogP contribution is 2.30. The molecule has 0 spiro atoms. The molecule has 4 rings (SSSR count). The van der Waals surface area contributed by atoms with Crippen molar-refractivity contribution in [3.05, 3.63) is 59.1 Å². The molecule has 2 heterocycles. The van der Waals surface area contributed by atoms with Crippen LogP contribution in [-0.2, 0) is 6.54 Å². The Balaban J connectivity index is 1.23. The number of rotatable bonds is 5. The number of benzene rings is 2. The van der Waals surface area contributed by atoms with Crippen LogP contribution in [0.1, 0.15) is 37.7 Å². The Morgan fingerprint density at radius 2 is 1.70 bits per heavy atom. The first-order valence-corrected chi connectivity index (χ1v) is 11.4. The summed E-state index contributed by atoms with van der Waals surface area (Å²) in [5.41, 5.74) is 3.14. The van der Waals surface area contributed by atoms with E-state index in [2.05, 4.69) is 44.7 Å². The molecule has 0 aliphatic carbocycles. The van der Waals surface area contributed by atoms with Crippen LogP contribution in [0, 0.1) is 0 Å². The summed E-state index contributed by atoms with van der Waals surface area (Å²) >= 11 is 6.50. The van der Waals surface area contributed by atoms with Gasteiger partial charge < -0.3 is 15.5 Å². The number of urea groups is 1. The molecule has 2 amide bonds. The minimum Gasteiger partial charge on any atom is -0.370 e. The molecule has 2 aromatic rings. The lowest BCUT2D eigenvalue weighted by molar-refractivity contribution is 0.190. The maximum atomic E-state index is 12.5. The standard InChI is InChI=1S/C24H31ClN4O/c25-22-17-21(9-10-23(22)29-13-5-2-6-14-29)27-24(30)26-20-11-15-28(16-12-20)18-19-7-3-1-4-8-19/h1,3-4,7-10,17,20H,2,5-6,11-16,18H2,(H2,26,27,30). The maximum Gasteiger partial charge on any atom is 0.319 e. The number of amides is 2. The van der Waals surface area contributed by atoms with Crippen molar-refractivity contribution in [3.63, 3.8) is 0 Å². The molecule has 0 atom stereocenters. The Morgan fingerprint density at radius 3 is 2.40 bits per heavy atom. The first-order valence-electron chi connectivity index (χ1n) is 11.1. The molecule has 2 N–H and O–H groups in total. The third kappa shape index (κ3) is 5.67. The summed E-state index contributed by atoms with van der Waals surface area (Å²) in [5.74, 6) is 0. The fraction of sp³-hybridized carbons (Fsp3) is 0.458. The van der Waals surface area contributed by atoms with Crippen LogP contribution in [0.3, 0.4) is 0 Å². The van der Waals surface area contributed by atoms with Gasteiger partial charge in [-0.2, -0.15) is 0 Å². The Kier molecular flexibility index (Phi) is 7.13. The molecule has 0 bridgehead atoms. The SMILES string of the molecule is O=C(Nc1ccc(N2CCCCC2)c(Cl)c1)NC1CCN(Cc2ccccc2)CC1. The van der Waals surface area contributed by atoms with E-state index < -0.39 is 0 Å². The average Bonchev–Trinajstić information content (AvgIpc) is 2.76. The zero-order valence-corrected chi connectivity index (χ0v) is 18.2. The van der Waals surface area contributed by atoms with Gasteiger partial charge in [0.05, 0.1) is 10.7 Å². The molecule has 2 aliphatic rings. The Labute approximate surface area is 184 Å². The van der Waals surface area contributed by atoms with Crippen LogP contribution < -0.4 is 15.5 Å². The van der Waals surface area contributed by atoms with Gasteiger partial charge in [0, 0.05) is 44.5 Å². The number of anilines is 2. The zero-order valence-electron chi connectivity index (χ0n) is 17.4. The predicted molar refractivity (Wildman–Crippen MR) is 124 cm³/mol.